The van der Waals surface area contributed by atoms with Crippen molar-refractivity contribution in [3.63, 3.8) is 0 Å². The zero-order valence-electron chi connectivity index (χ0n) is 9.78. The Morgan fingerprint density at radius 1 is 1.53 bits per heavy atom. The Balaban J connectivity index is 2.18. The van der Waals surface area contributed by atoms with E-state index in [0.29, 0.717) is 5.92 Å². The molecule has 0 aliphatic carbocycles. The molecule has 2 unspecified atom stereocenters. The molecule has 0 fully saturated rings. The number of ether oxygens (including phenoxy) is 1. The first-order valence-electron chi connectivity index (χ1n) is 5.87. The molecule has 1 heterocycles. The van der Waals surface area contributed by atoms with E-state index < -0.39 is 0 Å². The molecule has 3 heteroatoms. The SMILES string of the molecule is CC(C)CC(CO)NCC1CCC=CO1. The van der Waals surface area contributed by atoms with Crippen molar-refractivity contribution in [1.82, 2.24) is 5.32 Å². The third-order valence-corrected chi connectivity index (χ3v) is 2.63. The minimum absolute atomic E-state index is 0.208. The van der Waals surface area contributed by atoms with E-state index in [-0.39, 0.29) is 18.8 Å². The number of allylic oxidation sites excluding steroid dienone is 1. The van der Waals surface area contributed by atoms with Crippen LogP contribution < -0.4 is 5.32 Å². The lowest BCUT2D eigenvalue weighted by Crippen LogP contribution is -2.39. The van der Waals surface area contributed by atoms with Gasteiger partial charge < -0.3 is 15.2 Å². The second-order valence-corrected chi connectivity index (χ2v) is 4.62. The van der Waals surface area contributed by atoms with Crippen molar-refractivity contribution < 1.29 is 9.84 Å². The molecule has 0 saturated heterocycles. The van der Waals surface area contributed by atoms with Crippen LogP contribution in [0.25, 0.3) is 0 Å². The van der Waals surface area contributed by atoms with Crippen LogP contribution in [0.3, 0.4) is 0 Å². The van der Waals surface area contributed by atoms with E-state index in [4.69, 9.17) is 4.74 Å². The van der Waals surface area contributed by atoms with Crippen molar-refractivity contribution in [2.45, 2.75) is 45.3 Å². The summed E-state index contributed by atoms with van der Waals surface area (Å²) >= 11 is 0. The van der Waals surface area contributed by atoms with E-state index >= 15 is 0 Å². The van der Waals surface area contributed by atoms with E-state index in [0.717, 1.165) is 25.8 Å². The molecule has 0 amide bonds. The van der Waals surface area contributed by atoms with Gasteiger partial charge in [-0.1, -0.05) is 13.8 Å². The fraction of sp³-hybridized carbons (Fsp3) is 0.833. The van der Waals surface area contributed by atoms with Gasteiger partial charge in [-0.2, -0.15) is 0 Å². The smallest absolute Gasteiger partial charge is 0.110 e. The molecule has 2 atom stereocenters. The molecule has 0 aromatic heterocycles. The molecular formula is C12H23NO2. The molecule has 88 valence electrons. The van der Waals surface area contributed by atoms with Crippen LogP contribution in [0.1, 0.15) is 33.1 Å². The van der Waals surface area contributed by atoms with Crippen LogP contribution >= 0.6 is 0 Å². The normalized spacial score (nSPS) is 22.8. The van der Waals surface area contributed by atoms with Gasteiger partial charge in [0, 0.05) is 12.6 Å². The molecular weight excluding hydrogens is 190 g/mol. The fourth-order valence-electron chi connectivity index (χ4n) is 1.82. The van der Waals surface area contributed by atoms with Crippen LogP contribution in [0.2, 0.25) is 0 Å². The Hall–Kier alpha value is -0.540. The van der Waals surface area contributed by atoms with Crippen LogP contribution in [0.4, 0.5) is 0 Å². The average molecular weight is 213 g/mol. The predicted octanol–water partition coefficient (Wildman–Crippen LogP) is 1.68. The molecule has 0 aromatic carbocycles. The number of hydrogen-bond donors (Lipinski definition) is 2. The van der Waals surface area contributed by atoms with Gasteiger partial charge in [-0.25, -0.2) is 0 Å². The van der Waals surface area contributed by atoms with Gasteiger partial charge in [0.1, 0.15) is 6.10 Å². The summed E-state index contributed by atoms with van der Waals surface area (Å²) in [6.07, 6.45) is 7.29. The summed E-state index contributed by atoms with van der Waals surface area (Å²) in [5, 5.41) is 12.5. The minimum atomic E-state index is 0.208. The second kappa shape index (κ2) is 6.85. The molecule has 0 aromatic rings. The average Bonchev–Trinajstić information content (AvgIpc) is 2.25. The van der Waals surface area contributed by atoms with Crippen molar-refractivity contribution in [3.8, 4) is 0 Å². The van der Waals surface area contributed by atoms with Gasteiger partial charge in [-0.15, -0.1) is 0 Å². The van der Waals surface area contributed by atoms with Gasteiger partial charge in [-0.05, 0) is 31.3 Å². The van der Waals surface area contributed by atoms with Gasteiger partial charge in [0.2, 0.25) is 0 Å². The highest BCUT2D eigenvalue weighted by molar-refractivity contribution is 4.83. The summed E-state index contributed by atoms with van der Waals surface area (Å²) in [6.45, 7) is 5.39. The number of aliphatic hydroxyl groups is 1. The highest BCUT2D eigenvalue weighted by Gasteiger charge is 2.14. The lowest BCUT2D eigenvalue weighted by molar-refractivity contribution is 0.112. The topological polar surface area (TPSA) is 41.5 Å². The van der Waals surface area contributed by atoms with Crippen molar-refractivity contribution >= 4 is 0 Å². The minimum Gasteiger partial charge on any atom is -0.497 e. The standard InChI is InChI=1S/C12H23NO2/c1-10(2)7-11(9-14)13-8-12-5-3-4-6-15-12/h4,6,10-14H,3,5,7-9H2,1-2H3. The monoisotopic (exact) mass is 213 g/mol. The first-order chi connectivity index (χ1) is 7.22. The third-order valence-electron chi connectivity index (χ3n) is 2.63. The van der Waals surface area contributed by atoms with E-state index in [1.54, 1.807) is 6.26 Å². The van der Waals surface area contributed by atoms with Gasteiger partial charge in [0.25, 0.3) is 0 Å². The Kier molecular flexibility index (Phi) is 5.73. The first-order valence-corrected chi connectivity index (χ1v) is 5.87. The fourth-order valence-corrected chi connectivity index (χ4v) is 1.82. The maximum absolute atomic E-state index is 9.19. The maximum atomic E-state index is 9.19. The molecule has 0 saturated carbocycles. The van der Waals surface area contributed by atoms with Gasteiger partial charge >= 0.3 is 0 Å². The molecule has 15 heavy (non-hydrogen) atoms. The van der Waals surface area contributed by atoms with Crippen LogP contribution in [-0.4, -0.2) is 30.4 Å². The molecule has 0 spiro atoms. The van der Waals surface area contributed by atoms with E-state index in [2.05, 4.69) is 19.2 Å². The van der Waals surface area contributed by atoms with Gasteiger partial charge in [0.15, 0.2) is 0 Å². The van der Waals surface area contributed by atoms with Crippen molar-refractivity contribution in [1.29, 1.82) is 0 Å². The summed E-state index contributed by atoms with van der Waals surface area (Å²) in [5.74, 6) is 0.613. The van der Waals surface area contributed by atoms with Crippen molar-refractivity contribution in [3.05, 3.63) is 12.3 Å². The van der Waals surface area contributed by atoms with Crippen molar-refractivity contribution in [2.75, 3.05) is 13.2 Å². The number of aliphatic hydroxyl groups excluding tert-OH is 1. The van der Waals surface area contributed by atoms with E-state index in [1.165, 1.54) is 0 Å². The van der Waals surface area contributed by atoms with Crippen LogP contribution in [0.5, 0.6) is 0 Å². The molecule has 1 aliphatic heterocycles. The first kappa shape index (κ1) is 12.5. The van der Waals surface area contributed by atoms with Crippen LogP contribution in [-0.2, 0) is 4.74 Å². The van der Waals surface area contributed by atoms with Gasteiger partial charge in [0.05, 0.1) is 12.9 Å². The Morgan fingerprint density at radius 2 is 2.33 bits per heavy atom. The zero-order chi connectivity index (χ0) is 11.1. The molecule has 0 radical (unpaired) electrons. The molecule has 1 aliphatic rings. The Labute approximate surface area is 92.5 Å². The summed E-state index contributed by atoms with van der Waals surface area (Å²) in [4.78, 5) is 0. The molecule has 3 nitrogen and oxygen atoms in total. The third kappa shape index (κ3) is 5.19. The molecule has 1 rings (SSSR count). The van der Waals surface area contributed by atoms with E-state index in [9.17, 15) is 5.11 Å². The lowest BCUT2D eigenvalue weighted by Gasteiger charge is -2.24. The highest BCUT2D eigenvalue weighted by Crippen LogP contribution is 2.10. The summed E-state index contributed by atoms with van der Waals surface area (Å²) in [6, 6.07) is 0.208. The van der Waals surface area contributed by atoms with Crippen LogP contribution in [0, 0.1) is 5.92 Å². The quantitative estimate of drug-likeness (QED) is 0.705. The predicted molar refractivity (Wildman–Crippen MR) is 61.6 cm³/mol. The number of rotatable bonds is 6. The van der Waals surface area contributed by atoms with Gasteiger partial charge in [-0.3, -0.25) is 0 Å². The maximum Gasteiger partial charge on any atom is 0.110 e. The zero-order valence-corrected chi connectivity index (χ0v) is 9.78. The summed E-state index contributed by atoms with van der Waals surface area (Å²) in [5.41, 5.74) is 0. The van der Waals surface area contributed by atoms with E-state index in [1.807, 2.05) is 6.08 Å². The Bertz CT molecular complexity index is 192. The molecule has 2 N–H and O–H groups in total. The van der Waals surface area contributed by atoms with Crippen molar-refractivity contribution in [2.24, 2.45) is 5.92 Å². The lowest BCUT2D eigenvalue weighted by atomic mass is 10.0. The number of hydrogen-bond acceptors (Lipinski definition) is 3. The summed E-state index contributed by atoms with van der Waals surface area (Å²) < 4.78 is 5.45. The highest BCUT2D eigenvalue weighted by atomic mass is 16.5. The summed E-state index contributed by atoms with van der Waals surface area (Å²) in [7, 11) is 0. The number of nitrogens with one attached hydrogen (secondary N) is 1. The second-order valence-electron chi connectivity index (χ2n) is 4.62. The van der Waals surface area contributed by atoms with Crippen LogP contribution in [0.15, 0.2) is 12.3 Å². The molecule has 0 bridgehead atoms. The largest absolute Gasteiger partial charge is 0.497 e. The Morgan fingerprint density at radius 3 is 2.87 bits per heavy atom.